The molecule has 4 nitrogen and oxygen atoms in total. The molecule has 0 radical (unpaired) electrons. The summed E-state index contributed by atoms with van der Waals surface area (Å²) in [6, 6.07) is 15.7. The van der Waals surface area contributed by atoms with Crippen molar-refractivity contribution >= 4 is 39.5 Å². The lowest BCUT2D eigenvalue weighted by Crippen LogP contribution is -2.49. The Morgan fingerprint density at radius 1 is 1.00 bits per heavy atom. The van der Waals surface area contributed by atoms with Crippen LogP contribution in [0.2, 0.25) is 0 Å². The fourth-order valence-electron chi connectivity index (χ4n) is 2.80. The molecule has 0 aromatic heterocycles. The molecule has 0 bridgehead atoms. The number of amides is 2. The molecule has 0 aliphatic rings. The summed E-state index contributed by atoms with van der Waals surface area (Å²) in [6.45, 7) is 8.10. The van der Waals surface area contributed by atoms with E-state index in [-0.39, 0.29) is 17.9 Å². The first-order valence-electron chi connectivity index (χ1n) is 9.74. The van der Waals surface area contributed by atoms with Crippen LogP contribution in [0.4, 0.5) is 0 Å². The molecule has 2 aromatic carbocycles. The van der Waals surface area contributed by atoms with Gasteiger partial charge in [0.15, 0.2) is 0 Å². The molecule has 2 rings (SSSR count). The maximum Gasteiger partial charge on any atom is 0.242 e. The monoisotopic (exact) mass is 476 g/mol. The summed E-state index contributed by atoms with van der Waals surface area (Å²) in [5.41, 5.74) is 3.41. The van der Waals surface area contributed by atoms with Crippen LogP contribution in [-0.2, 0) is 21.9 Å². The Morgan fingerprint density at radius 3 is 2.17 bits per heavy atom. The fourth-order valence-corrected chi connectivity index (χ4v) is 3.93. The molecule has 0 unspecified atom stereocenters. The van der Waals surface area contributed by atoms with Crippen molar-refractivity contribution in [2.24, 2.45) is 0 Å². The largest absolute Gasteiger partial charge is 0.352 e. The van der Waals surface area contributed by atoms with Crippen molar-refractivity contribution in [2.45, 2.75) is 52.1 Å². The molecule has 156 valence electrons. The SMILES string of the molecule is Cc1ccc(CSCC(=O)N(Cc2ccc(Br)cc2)[C@@H](C)C(=O)NC(C)C)cc1. The first kappa shape index (κ1) is 23.5. The second-order valence-electron chi connectivity index (χ2n) is 7.47. The number of hydrogen-bond donors (Lipinski definition) is 1. The summed E-state index contributed by atoms with van der Waals surface area (Å²) >= 11 is 5.01. The van der Waals surface area contributed by atoms with Crippen LogP contribution in [0.1, 0.15) is 37.5 Å². The number of hydrogen-bond acceptors (Lipinski definition) is 3. The molecule has 2 amide bonds. The average Bonchev–Trinajstić information content (AvgIpc) is 2.68. The number of benzene rings is 2. The van der Waals surface area contributed by atoms with Crippen molar-refractivity contribution in [1.29, 1.82) is 0 Å². The van der Waals surface area contributed by atoms with E-state index < -0.39 is 6.04 Å². The molecule has 0 saturated carbocycles. The Kier molecular flexibility index (Phi) is 9.24. The van der Waals surface area contributed by atoms with Gasteiger partial charge in [-0.15, -0.1) is 11.8 Å². The molecule has 6 heteroatoms. The first-order valence-corrected chi connectivity index (χ1v) is 11.7. The molecule has 2 aromatic rings. The molecule has 1 N–H and O–H groups in total. The average molecular weight is 477 g/mol. The van der Waals surface area contributed by atoms with Gasteiger partial charge in [0.1, 0.15) is 6.04 Å². The summed E-state index contributed by atoms with van der Waals surface area (Å²) in [5.74, 6) is 0.944. The van der Waals surface area contributed by atoms with E-state index in [1.807, 2.05) is 38.1 Å². The van der Waals surface area contributed by atoms with Crippen LogP contribution in [0.15, 0.2) is 53.0 Å². The lowest BCUT2D eigenvalue weighted by molar-refractivity contribution is -0.138. The summed E-state index contributed by atoms with van der Waals surface area (Å²) in [5, 5.41) is 2.91. The highest BCUT2D eigenvalue weighted by Crippen LogP contribution is 2.18. The maximum absolute atomic E-state index is 13.0. The topological polar surface area (TPSA) is 49.4 Å². The predicted octanol–water partition coefficient (Wildman–Crippen LogP) is 4.93. The minimum atomic E-state index is -0.534. The molecule has 29 heavy (non-hydrogen) atoms. The number of nitrogens with one attached hydrogen (secondary N) is 1. The Bertz CT molecular complexity index is 807. The van der Waals surface area contributed by atoms with Crippen LogP contribution in [0.25, 0.3) is 0 Å². The third-order valence-electron chi connectivity index (χ3n) is 4.48. The molecule has 0 fully saturated rings. The number of rotatable bonds is 9. The summed E-state index contributed by atoms with van der Waals surface area (Å²) in [4.78, 5) is 27.2. The molecule has 0 aliphatic heterocycles. The van der Waals surface area contributed by atoms with Crippen LogP contribution in [0.5, 0.6) is 0 Å². The highest BCUT2D eigenvalue weighted by Gasteiger charge is 2.26. The van der Waals surface area contributed by atoms with Crippen molar-refractivity contribution in [3.05, 3.63) is 69.7 Å². The summed E-state index contributed by atoms with van der Waals surface area (Å²) in [6.07, 6.45) is 0. The van der Waals surface area contributed by atoms with E-state index in [0.29, 0.717) is 12.3 Å². The molecule has 0 saturated heterocycles. The zero-order valence-corrected chi connectivity index (χ0v) is 19.8. The van der Waals surface area contributed by atoms with E-state index in [0.717, 1.165) is 15.8 Å². The van der Waals surface area contributed by atoms with Crippen LogP contribution in [0, 0.1) is 6.92 Å². The van der Waals surface area contributed by atoms with Gasteiger partial charge in [0.25, 0.3) is 0 Å². The second-order valence-corrected chi connectivity index (χ2v) is 9.37. The molecule has 1 atom stereocenters. The van der Waals surface area contributed by atoms with Gasteiger partial charge in [-0.3, -0.25) is 9.59 Å². The number of carbonyl (C=O) groups is 2. The molecular weight excluding hydrogens is 448 g/mol. The first-order chi connectivity index (χ1) is 13.8. The van der Waals surface area contributed by atoms with Crippen molar-refractivity contribution in [2.75, 3.05) is 5.75 Å². The number of halogens is 1. The van der Waals surface area contributed by atoms with Crippen LogP contribution < -0.4 is 5.32 Å². The normalized spacial score (nSPS) is 11.9. The van der Waals surface area contributed by atoms with Gasteiger partial charge in [-0.05, 0) is 51.0 Å². The fraction of sp³-hybridized carbons (Fsp3) is 0.391. The number of aryl methyl sites for hydroxylation is 1. The predicted molar refractivity (Wildman–Crippen MR) is 125 cm³/mol. The van der Waals surface area contributed by atoms with Gasteiger partial charge in [-0.2, -0.15) is 0 Å². The minimum Gasteiger partial charge on any atom is -0.352 e. The van der Waals surface area contributed by atoms with Gasteiger partial charge in [0.2, 0.25) is 11.8 Å². The molecular formula is C23H29BrN2O2S. The number of thioether (sulfide) groups is 1. The van der Waals surface area contributed by atoms with E-state index in [1.165, 1.54) is 11.1 Å². The standard InChI is InChI=1S/C23H29BrN2O2S/c1-16(2)25-23(28)18(4)26(13-19-9-11-21(24)12-10-19)22(27)15-29-14-20-7-5-17(3)6-8-20/h5-12,16,18H,13-15H2,1-4H3,(H,25,28)/t18-/m0/s1. The Labute approximate surface area is 186 Å². The molecule has 0 heterocycles. The molecule has 0 spiro atoms. The number of carbonyl (C=O) groups excluding carboxylic acids is 2. The highest BCUT2D eigenvalue weighted by atomic mass is 79.9. The van der Waals surface area contributed by atoms with Gasteiger partial charge in [-0.25, -0.2) is 0 Å². The van der Waals surface area contributed by atoms with Crippen LogP contribution in [0.3, 0.4) is 0 Å². The Balaban J connectivity index is 2.05. The van der Waals surface area contributed by atoms with E-state index >= 15 is 0 Å². The van der Waals surface area contributed by atoms with Crippen molar-refractivity contribution in [1.82, 2.24) is 10.2 Å². The Morgan fingerprint density at radius 2 is 1.59 bits per heavy atom. The van der Waals surface area contributed by atoms with E-state index in [2.05, 4.69) is 52.4 Å². The van der Waals surface area contributed by atoms with Crippen molar-refractivity contribution < 1.29 is 9.59 Å². The lowest BCUT2D eigenvalue weighted by Gasteiger charge is -2.29. The van der Waals surface area contributed by atoms with E-state index in [9.17, 15) is 9.59 Å². The zero-order valence-electron chi connectivity index (χ0n) is 17.4. The maximum atomic E-state index is 13.0. The van der Waals surface area contributed by atoms with Gasteiger partial charge in [-0.1, -0.05) is 57.9 Å². The smallest absolute Gasteiger partial charge is 0.242 e. The van der Waals surface area contributed by atoms with E-state index in [4.69, 9.17) is 0 Å². The third kappa shape index (κ3) is 7.86. The van der Waals surface area contributed by atoms with Gasteiger partial charge < -0.3 is 10.2 Å². The van der Waals surface area contributed by atoms with Gasteiger partial charge in [0.05, 0.1) is 5.75 Å². The van der Waals surface area contributed by atoms with Gasteiger partial charge in [0, 0.05) is 22.8 Å². The van der Waals surface area contributed by atoms with Gasteiger partial charge >= 0.3 is 0 Å². The van der Waals surface area contributed by atoms with Crippen molar-refractivity contribution in [3.63, 3.8) is 0 Å². The summed E-state index contributed by atoms with van der Waals surface area (Å²) in [7, 11) is 0. The second kappa shape index (κ2) is 11.4. The summed E-state index contributed by atoms with van der Waals surface area (Å²) < 4.78 is 0.985. The quantitative estimate of drug-likeness (QED) is 0.557. The Hall–Kier alpha value is -1.79. The molecule has 0 aliphatic carbocycles. The minimum absolute atomic E-state index is 0.0311. The lowest BCUT2D eigenvalue weighted by atomic mass is 10.1. The number of nitrogens with zero attached hydrogens (tertiary/aromatic N) is 1. The van der Waals surface area contributed by atoms with Crippen LogP contribution >= 0.6 is 27.7 Å². The zero-order chi connectivity index (χ0) is 21.4. The van der Waals surface area contributed by atoms with Crippen molar-refractivity contribution in [3.8, 4) is 0 Å². The van der Waals surface area contributed by atoms with E-state index in [1.54, 1.807) is 23.6 Å². The van der Waals surface area contributed by atoms with Crippen LogP contribution in [-0.4, -0.2) is 34.6 Å². The highest BCUT2D eigenvalue weighted by molar-refractivity contribution is 9.10. The third-order valence-corrected chi connectivity index (χ3v) is 6.00.